The fourth-order valence-corrected chi connectivity index (χ4v) is 2.14. The number of hydrogen-bond donors (Lipinski definition) is 1. The van der Waals surface area contributed by atoms with E-state index in [0.717, 1.165) is 18.1 Å². The Morgan fingerprint density at radius 3 is 2.75 bits per heavy atom. The van der Waals surface area contributed by atoms with Crippen molar-refractivity contribution in [3.05, 3.63) is 66.5 Å². The number of nitrogens with zero attached hydrogens (tertiary/aromatic N) is 4. The molecule has 2 heterocycles. The number of para-hydroxylation sites is 1. The van der Waals surface area contributed by atoms with Crippen molar-refractivity contribution in [3.8, 4) is 0 Å². The molecule has 0 saturated heterocycles. The maximum Gasteiger partial charge on any atom is 0.127 e. The van der Waals surface area contributed by atoms with Gasteiger partial charge in [0, 0.05) is 37.5 Å². The van der Waals surface area contributed by atoms with E-state index in [9.17, 15) is 0 Å². The van der Waals surface area contributed by atoms with E-state index in [1.165, 1.54) is 5.56 Å². The monoisotopic (exact) mass is 267 g/mol. The number of benzene rings is 1. The zero-order valence-electron chi connectivity index (χ0n) is 11.4. The molecule has 0 saturated carbocycles. The molecule has 3 rings (SSSR count). The standard InChI is InChI=1S/C15H17N5/c1-19-10-8-16-15(19)11-17-14-6-3-2-5-13(14)12-20-9-4-7-18-20/h2-10,17H,11-12H2,1H3. The first-order chi connectivity index (χ1) is 9.83. The molecule has 5 nitrogen and oxygen atoms in total. The SMILES string of the molecule is Cn1ccnc1CNc1ccccc1Cn1cccn1. The molecule has 20 heavy (non-hydrogen) atoms. The van der Waals surface area contributed by atoms with Gasteiger partial charge in [-0.25, -0.2) is 4.98 Å². The number of aryl methyl sites for hydroxylation is 1. The molecule has 0 radical (unpaired) electrons. The second-order valence-electron chi connectivity index (χ2n) is 4.67. The van der Waals surface area contributed by atoms with Gasteiger partial charge in [0.15, 0.2) is 0 Å². The van der Waals surface area contributed by atoms with Gasteiger partial charge in [0.25, 0.3) is 0 Å². The van der Waals surface area contributed by atoms with Gasteiger partial charge < -0.3 is 9.88 Å². The molecule has 0 aliphatic rings. The molecule has 0 aliphatic carbocycles. The van der Waals surface area contributed by atoms with Crippen LogP contribution in [0.25, 0.3) is 0 Å². The van der Waals surface area contributed by atoms with Crippen LogP contribution in [-0.2, 0) is 20.1 Å². The summed E-state index contributed by atoms with van der Waals surface area (Å²) in [7, 11) is 2.00. The maximum atomic E-state index is 4.32. The quantitative estimate of drug-likeness (QED) is 0.771. The van der Waals surface area contributed by atoms with E-state index in [0.29, 0.717) is 6.54 Å². The van der Waals surface area contributed by atoms with E-state index in [4.69, 9.17) is 0 Å². The highest BCUT2D eigenvalue weighted by atomic mass is 15.3. The Balaban J connectivity index is 1.74. The molecule has 5 heteroatoms. The van der Waals surface area contributed by atoms with Crippen LogP contribution in [0.4, 0.5) is 5.69 Å². The predicted octanol–water partition coefficient (Wildman–Crippen LogP) is 2.28. The van der Waals surface area contributed by atoms with Crippen molar-refractivity contribution < 1.29 is 0 Å². The second kappa shape index (κ2) is 5.61. The van der Waals surface area contributed by atoms with Crippen molar-refractivity contribution in [2.24, 2.45) is 7.05 Å². The smallest absolute Gasteiger partial charge is 0.127 e. The highest BCUT2D eigenvalue weighted by Gasteiger charge is 2.04. The normalized spacial score (nSPS) is 10.7. The van der Waals surface area contributed by atoms with E-state index in [2.05, 4.69) is 27.5 Å². The Morgan fingerprint density at radius 2 is 2.00 bits per heavy atom. The molecule has 0 bridgehead atoms. The minimum Gasteiger partial charge on any atom is -0.378 e. The van der Waals surface area contributed by atoms with E-state index < -0.39 is 0 Å². The average Bonchev–Trinajstić information content (AvgIpc) is 3.10. The number of nitrogens with one attached hydrogen (secondary N) is 1. The zero-order valence-corrected chi connectivity index (χ0v) is 11.4. The van der Waals surface area contributed by atoms with Crippen molar-refractivity contribution in [1.29, 1.82) is 0 Å². The summed E-state index contributed by atoms with van der Waals surface area (Å²) in [5.41, 5.74) is 2.33. The number of rotatable bonds is 5. The molecule has 2 aromatic heterocycles. The van der Waals surface area contributed by atoms with Gasteiger partial charge in [-0.1, -0.05) is 18.2 Å². The van der Waals surface area contributed by atoms with Crippen LogP contribution >= 0.6 is 0 Å². The van der Waals surface area contributed by atoms with Gasteiger partial charge in [0.1, 0.15) is 5.82 Å². The molecule has 0 unspecified atom stereocenters. The van der Waals surface area contributed by atoms with Gasteiger partial charge in [-0.05, 0) is 17.7 Å². The average molecular weight is 267 g/mol. The van der Waals surface area contributed by atoms with Gasteiger partial charge in [-0.2, -0.15) is 5.10 Å². The van der Waals surface area contributed by atoms with Crippen LogP contribution in [0.5, 0.6) is 0 Å². The van der Waals surface area contributed by atoms with Crippen LogP contribution in [-0.4, -0.2) is 19.3 Å². The van der Waals surface area contributed by atoms with Crippen molar-refractivity contribution >= 4 is 5.69 Å². The third-order valence-electron chi connectivity index (χ3n) is 3.27. The van der Waals surface area contributed by atoms with E-state index in [1.54, 1.807) is 6.20 Å². The molecule has 1 aromatic carbocycles. The molecule has 1 N–H and O–H groups in total. The van der Waals surface area contributed by atoms with Gasteiger partial charge in [0.2, 0.25) is 0 Å². The third-order valence-corrected chi connectivity index (χ3v) is 3.27. The molecule has 0 amide bonds. The zero-order chi connectivity index (χ0) is 13.8. The van der Waals surface area contributed by atoms with E-state index in [1.807, 2.05) is 53.1 Å². The molecule has 3 aromatic rings. The summed E-state index contributed by atoms with van der Waals surface area (Å²) in [4.78, 5) is 4.32. The Bertz CT molecular complexity index is 669. The molecule has 0 fully saturated rings. The summed E-state index contributed by atoms with van der Waals surface area (Å²) in [6, 6.07) is 10.2. The summed E-state index contributed by atoms with van der Waals surface area (Å²) < 4.78 is 3.93. The van der Waals surface area contributed by atoms with Gasteiger partial charge >= 0.3 is 0 Å². The Hall–Kier alpha value is -2.56. The van der Waals surface area contributed by atoms with Crippen LogP contribution < -0.4 is 5.32 Å². The molecule has 102 valence electrons. The van der Waals surface area contributed by atoms with Crippen molar-refractivity contribution in [2.45, 2.75) is 13.1 Å². The highest BCUT2D eigenvalue weighted by Crippen LogP contribution is 2.16. The van der Waals surface area contributed by atoms with Crippen molar-refractivity contribution in [2.75, 3.05) is 5.32 Å². The predicted molar refractivity (Wildman–Crippen MR) is 78.3 cm³/mol. The fraction of sp³-hybridized carbons (Fsp3) is 0.200. The lowest BCUT2D eigenvalue weighted by atomic mass is 10.1. The van der Waals surface area contributed by atoms with Crippen LogP contribution in [0, 0.1) is 0 Å². The van der Waals surface area contributed by atoms with E-state index >= 15 is 0 Å². The first-order valence-corrected chi connectivity index (χ1v) is 6.58. The number of anilines is 1. The third kappa shape index (κ3) is 2.71. The minimum atomic E-state index is 0.708. The minimum absolute atomic E-state index is 0.708. The summed E-state index contributed by atoms with van der Waals surface area (Å²) in [5, 5.41) is 7.69. The lowest BCUT2D eigenvalue weighted by Crippen LogP contribution is -2.09. The van der Waals surface area contributed by atoms with Gasteiger partial charge in [-0.15, -0.1) is 0 Å². The van der Waals surface area contributed by atoms with Crippen LogP contribution in [0.2, 0.25) is 0 Å². The number of imidazole rings is 1. The second-order valence-corrected chi connectivity index (χ2v) is 4.67. The summed E-state index contributed by atoms with van der Waals surface area (Å²) in [6.07, 6.45) is 7.53. The molecule has 0 atom stereocenters. The summed E-state index contributed by atoms with van der Waals surface area (Å²) >= 11 is 0. The van der Waals surface area contributed by atoms with Crippen LogP contribution in [0.15, 0.2) is 55.1 Å². The van der Waals surface area contributed by atoms with Gasteiger partial charge in [0.05, 0.1) is 13.1 Å². The number of hydrogen-bond acceptors (Lipinski definition) is 3. The molecule has 0 spiro atoms. The van der Waals surface area contributed by atoms with Crippen LogP contribution in [0.3, 0.4) is 0 Å². The Labute approximate surface area is 117 Å². The maximum absolute atomic E-state index is 4.32. The van der Waals surface area contributed by atoms with Crippen LogP contribution in [0.1, 0.15) is 11.4 Å². The lowest BCUT2D eigenvalue weighted by molar-refractivity contribution is 0.687. The molecular weight excluding hydrogens is 250 g/mol. The van der Waals surface area contributed by atoms with Crippen molar-refractivity contribution in [1.82, 2.24) is 19.3 Å². The first kappa shape index (κ1) is 12.5. The molecular formula is C15H17N5. The topological polar surface area (TPSA) is 47.7 Å². The lowest BCUT2D eigenvalue weighted by Gasteiger charge is -2.12. The highest BCUT2D eigenvalue weighted by molar-refractivity contribution is 5.51. The Morgan fingerprint density at radius 1 is 1.10 bits per heavy atom. The van der Waals surface area contributed by atoms with Crippen molar-refractivity contribution in [3.63, 3.8) is 0 Å². The summed E-state index contributed by atoms with van der Waals surface area (Å²) in [5.74, 6) is 1.01. The fourth-order valence-electron chi connectivity index (χ4n) is 2.14. The largest absolute Gasteiger partial charge is 0.378 e. The van der Waals surface area contributed by atoms with Gasteiger partial charge in [-0.3, -0.25) is 4.68 Å². The first-order valence-electron chi connectivity index (χ1n) is 6.58. The Kier molecular flexibility index (Phi) is 3.50. The summed E-state index contributed by atoms with van der Waals surface area (Å²) in [6.45, 7) is 1.47. The molecule has 0 aliphatic heterocycles. The number of aromatic nitrogens is 4. The van der Waals surface area contributed by atoms with E-state index in [-0.39, 0.29) is 0 Å².